The van der Waals surface area contributed by atoms with E-state index in [1.54, 1.807) is 0 Å². The molecule has 3 nitrogen and oxygen atoms in total. The molecule has 1 aliphatic heterocycles. The Bertz CT molecular complexity index is 465. The van der Waals surface area contributed by atoms with Crippen LogP contribution in [0.1, 0.15) is 19.4 Å². The average molecular weight is 295 g/mol. The van der Waals surface area contributed by atoms with Crippen molar-refractivity contribution in [1.82, 2.24) is 0 Å². The Hall–Kier alpha value is -1.05. The van der Waals surface area contributed by atoms with Crippen molar-refractivity contribution >= 4 is 21.6 Å². The van der Waals surface area contributed by atoms with Crippen LogP contribution in [0.15, 0.2) is 22.7 Å². The number of nitrogens with zero attached hydrogens (tertiary/aromatic N) is 2. The van der Waals surface area contributed by atoms with Crippen molar-refractivity contribution < 1.29 is 4.74 Å². The Morgan fingerprint density at radius 1 is 1.41 bits per heavy atom. The first-order valence-electron chi connectivity index (χ1n) is 5.60. The fourth-order valence-electron chi connectivity index (χ4n) is 2.06. The molecule has 0 saturated carbocycles. The zero-order valence-corrected chi connectivity index (χ0v) is 11.6. The van der Waals surface area contributed by atoms with Crippen LogP contribution in [0.3, 0.4) is 0 Å². The molecule has 0 unspecified atom stereocenters. The van der Waals surface area contributed by atoms with Gasteiger partial charge in [0.15, 0.2) is 0 Å². The van der Waals surface area contributed by atoms with Crippen molar-refractivity contribution in [2.24, 2.45) is 0 Å². The van der Waals surface area contributed by atoms with Gasteiger partial charge < -0.3 is 9.64 Å². The minimum absolute atomic E-state index is 0.132. The van der Waals surface area contributed by atoms with Crippen LogP contribution in [0.25, 0.3) is 0 Å². The largest absolute Gasteiger partial charge is 0.372 e. The molecule has 0 aliphatic carbocycles. The third kappa shape index (κ3) is 2.99. The van der Waals surface area contributed by atoms with Crippen LogP contribution >= 0.6 is 15.9 Å². The van der Waals surface area contributed by atoms with Crippen molar-refractivity contribution in [3.8, 4) is 6.07 Å². The molecule has 0 amide bonds. The van der Waals surface area contributed by atoms with Gasteiger partial charge in [-0.25, -0.2) is 0 Å². The van der Waals surface area contributed by atoms with Crippen LogP contribution in [-0.2, 0) is 4.74 Å². The maximum absolute atomic E-state index is 8.97. The second kappa shape index (κ2) is 4.67. The van der Waals surface area contributed by atoms with E-state index >= 15 is 0 Å². The molecule has 0 bridgehead atoms. The van der Waals surface area contributed by atoms with Crippen LogP contribution in [0.2, 0.25) is 0 Å². The first-order chi connectivity index (χ1) is 8.00. The number of benzene rings is 1. The van der Waals surface area contributed by atoms with Crippen molar-refractivity contribution in [2.75, 3.05) is 24.6 Å². The monoisotopic (exact) mass is 294 g/mol. The lowest BCUT2D eigenvalue weighted by Gasteiger charge is -2.39. The van der Waals surface area contributed by atoms with E-state index in [-0.39, 0.29) is 5.60 Å². The molecule has 1 aliphatic rings. The van der Waals surface area contributed by atoms with Gasteiger partial charge in [-0.05, 0) is 32.0 Å². The van der Waals surface area contributed by atoms with Gasteiger partial charge in [-0.2, -0.15) is 5.26 Å². The second-order valence-electron chi connectivity index (χ2n) is 4.84. The maximum atomic E-state index is 8.97. The second-order valence-corrected chi connectivity index (χ2v) is 5.76. The number of hydrogen-bond acceptors (Lipinski definition) is 3. The number of ether oxygens (including phenoxy) is 1. The number of morpholine rings is 1. The summed E-state index contributed by atoms with van der Waals surface area (Å²) >= 11 is 3.44. The quantitative estimate of drug-likeness (QED) is 0.799. The minimum atomic E-state index is -0.132. The van der Waals surface area contributed by atoms with Crippen LogP contribution in [0.5, 0.6) is 0 Å². The highest BCUT2D eigenvalue weighted by molar-refractivity contribution is 9.10. The molecule has 1 aromatic rings. The Balaban J connectivity index is 2.28. The number of rotatable bonds is 1. The smallest absolute Gasteiger partial charge is 0.0992 e. The molecular weight excluding hydrogens is 280 g/mol. The van der Waals surface area contributed by atoms with E-state index < -0.39 is 0 Å². The zero-order chi connectivity index (χ0) is 12.5. The first-order valence-corrected chi connectivity index (χ1v) is 6.39. The maximum Gasteiger partial charge on any atom is 0.0992 e. The summed E-state index contributed by atoms with van der Waals surface area (Å²) < 4.78 is 6.63. The fraction of sp³-hybridized carbons (Fsp3) is 0.462. The molecule has 1 heterocycles. The lowest BCUT2D eigenvalue weighted by atomic mass is 10.1. The molecule has 1 fully saturated rings. The fourth-order valence-corrected chi connectivity index (χ4v) is 2.54. The molecule has 17 heavy (non-hydrogen) atoms. The summed E-state index contributed by atoms with van der Waals surface area (Å²) in [6.07, 6.45) is 0. The van der Waals surface area contributed by atoms with Crippen LogP contribution < -0.4 is 4.90 Å². The molecule has 0 aromatic heterocycles. The summed E-state index contributed by atoms with van der Waals surface area (Å²) in [7, 11) is 0. The number of nitriles is 1. The minimum Gasteiger partial charge on any atom is -0.372 e. The van der Waals surface area contributed by atoms with Crippen LogP contribution in [0.4, 0.5) is 5.69 Å². The van der Waals surface area contributed by atoms with Crippen molar-refractivity contribution in [2.45, 2.75) is 19.4 Å². The van der Waals surface area contributed by atoms with Gasteiger partial charge in [0, 0.05) is 23.2 Å². The molecule has 0 radical (unpaired) electrons. The van der Waals surface area contributed by atoms with Gasteiger partial charge in [-0.15, -0.1) is 0 Å². The highest BCUT2D eigenvalue weighted by atomic mass is 79.9. The molecule has 2 rings (SSSR count). The standard InChI is InChI=1S/C13H15BrN2O/c1-13(2)9-16(3-4-17-13)12-6-10(8-15)5-11(14)7-12/h5-7H,3-4,9H2,1-2H3. The normalized spacial score (nSPS) is 18.8. The number of halogens is 1. The number of hydrogen-bond donors (Lipinski definition) is 0. The first kappa shape index (κ1) is 12.4. The SMILES string of the molecule is CC1(C)CN(c2cc(Br)cc(C#N)c2)CCO1. The summed E-state index contributed by atoms with van der Waals surface area (Å²) in [5.74, 6) is 0. The van der Waals surface area contributed by atoms with E-state index in [4.69, 9.17) is 10.00 Å². The Kier molecular flexibility index (Phi) is 3.41. The van der Waals surface area contributed by atoms with E-state index in [1.807, 2.05) is 18.2 Å². The third-order valence-corrected chi connectivity index (χ3v) is 3.26. The van der Waals surface area contributed by atoms with E-state index in [0.717, 1.165) is 29.9 Å². The molecule has 4 heteroatoms. The van der Waals surface area contributed by atoms with Gasteiger partial charge in [0.25, 0.3) is 0 Å². The molecule has 0 N–H and O–H groups in total. The van der Waals surface area contributed by atoms with Crippen LogP contribution in [-0.4, -0.2) is 25.3 Å². The van der Waals surface area contributed by atoms with E-state index in [2.05, 4.69) is 40.7 Å². The summed E-state index contributed by atoms with van der Waals surface area (Å²) in [5, 5.41) is 8.97. The van der Waals surface area contributed by atoms with Crippen molar-refractivity contribution in [3.05, 3.63) is 28.2 Å². The predicted octanol–water partition coefficient (Wildman–Crippen LogP) is 2.94. The van der Waals surface area contributed by atoms with Crippen molar-refractivity contribution in [3.63, 3.8) is 0 Å². The lowest BCUT2D eigenvalue weighted by molar-refractivity contribution is -0.0276. The predicted molar refractivity (Wildman–Crippen MR) is 71.1 cm³/mol. The molecular formula is C13H15BrN2O. The van der Waals surface area contributed by atoms with E-state index in [0.29, 0.717) is 5.56 Å². The molecule has 1 aromatic carbocycles. The van der Waals surface area contributed by atoms with Gasteiger partial charge in [0.1, 0.15) is 0 Å². The molecule has 1 saturated heterocycles. The summed E-state index contributed by atoms with van der Waals surface area (Å²) in [5.41, 5.74) is 1.62. The van der Waals surface area contributed by atoms with E-state index in [1.165, 1.54) is 0 Å². The Labute approximate surface area is 110 Å². The van der Waals surface area contributed by atoms with Gasteiger partial charge in [0.2, 0.25) is 0 Å². The van der Waals surface area contributed by atoms with Gasteiger partial charge >= 0.3 is 0 Å². The van der Waals surface area contributed by atoms with E-state index in [9.17, 15) is 0 Å². The summed E-state index contributed by atoms with van der Waals surface area (Å²) in [6.45, 7) is 6.60. The van der Waals surface area contributed by atoms with Gasteiger partial charge in [-0.1, -0.05) is 15.9 Å². The zero-order valence-electron chi connectivity index (χ0n) is 10.0. The Morgan fingerprint density at radius 3 is 2.82 bits per heavy atom. The van der Waals surface area contributed by atoms with Crippen LogP contribution in [0, 0.1) is 11.3 Å². The molecule has 0 atom stereocenters. The summed E-state index contributed by atoms with van der Waals surface area (Å²) in [4.78, 5) is 2.26. The highest BCUT2D eigenvalue weighted by Gasteiger charge is 2.27. The Morgan fingerprint density at radius 2 is 2.18 bits per heavy atom. The summed E-state index contributed by atoms with van der Waals surface area (Å²) in [6, 6.07) is 7.98. The topological polar surface area (TPSA) is 36.3 Å². The lowest BCUT2D eigenvalue weighted by Crippen LogP contribution is -2.48. The van der Waals surface area contributed by atoms with Crippen molar-refractivity contribution in [1.29, 1.82) is 5.26 Å². The highest BCUT2D eigenvalue weighted by Crippen LogP contribution is 2.26. The number of anilines is 1. The molecule has 90 valence electrons. The van der Waals surface area contributed by atoms with Gasteiger partial charge in [0.05, 0.1) is 23.8 Å². The average Bonchev–Trinajstić information content (AvgIpc) is 2.27. The third-order valence-electron chi connectivity index (χ3n) is 2.80. The molecule has 0 spiro atoms. The van der Waals surface area contributed by atoms with Gasteiger partial charge in [-0.3, -0.25) is 0 Å².